The first-order chi connectivity index (χ1) is 38.1. The van der Waals surface area contributed by atoms with Gasteiger partial charge >= 0.3 is 6.01 Å². The van der Waals surface area contributed by atoms with Crippen LogP contribution in [-0.4, -0.2) is 124 Å². The summed E-state index contributed by atoms with van der Waals surface area (Å²) < 4.78 is 73.3. The fourth-order valence-corrected chi connectivity index (χ4v) is 12.8. The molecule has 15 nitrogen and oxygen atoms in total. The van der Waals surface area contributed by atoms with Gasteiger partial charge in [-0.15, -0.1) is 6.42 Å². The molecule has 1 spiro atoms. The molecule has 2 amide bonds. The van der Waals surface area contributed by atoms with Crippen LogP contribution < -0.4 is 25.2 Å². The third kappa shape index (κ3) is 9.72. The van der Waals surface area contributed by atoms with E-state index in [1.165, 1.54) is 48.7 Å². The summed E-state index contributed by atoms with van der Waals surface area (Å²) in [5.74, 6) is -0.168. The molecule has 19 heteroatoms. The number of benzene rings is 4. The Morgan fingerprint density at radius 1 is 0.924 bits per heavy atom. The zero-order chi connectivity index (χ0) is 54.9. The Bertz CT molecular complexity index is 3530. The summed E-state index contributed by atoms with van der Waals surface area (Å²) in [6, 6.07) is 17.2. The van der Waals surface area contributed by atoms with Crippen LogP contribution >= 0.6 is 0 Å². The summed E-state index contributed by atoms with van der Waals surface area (Å²) in [5, 5.41) is 22.9. The Balaban J connectivity index is 0.688. The molecule has 408 valence electrons. The number of phenolic OH excluding ortho intramolecular Hbond substituents is 1. The number of aromatic nitrogens is 4. The highest BCUT2D eigenvalue weighted by Crippen LogP contribution is 2.44. The molecule has 8 heterocycles. The lowest BCUT2D eigenvalue weighted by atomic mass is 9.79. The number of pyridine rings is 1. The van der Waals surface area contributed by atoms with Crippen LogP contribution in [0.3, 0.4) is 0 Å². The topological polar surface area (TPSA) is 165 Å². The molecule has 0 saturated carbocycles. The first-order valence-corrected chi connectivity index (χ1v) is 27.2. The van der Waals surface area contributed by atoms with Crippen molar-refractivity contribution >= 4 is 45.1 Å². The molecule has 7 aromatic rings. The summed E-state index contributed by atoms with van der Waals surface area (Å²) in [7, 11) is 0. The van der Waals surface area contributed by atoms with Crippen molar-refractivity contribution in [3.8, 4) is 46.5 Å². The number of phenols is 1. The molecule has 12 rings (SSSR count). The van der Waals surface area contributed by atoms with Gasteiger partial charge in [-0.2, -0.15) is 9.97 Å². The lowest BCUT2D eigenvalue weighted by Crippen LogP contribution is -2.58. The number of hydrogen-bond acceptors (Lipinski definition) is 13. The third-order valence-electron chi connectivity index (χ3n) is 16.8. The standard InChI is InChI=1S/C60H60F4N10O5/c1-5-41-44(61)18-15-37-24-40(75)25-42(51(37)41)54-53(64)55-43(27-65-54)56(72-28-38-16-17-39(29-72)67-38)69-59(68-55)78-23-22-71-21-19-60(30-71)31-73(32-60)49-26-48(79-70-49)50(33(2)3)58(77)74-20-7-10-47(74)57(76)66-34(4)35-11-13-36(14-12-35)52-45(62)8-6-9-46(52)63/h1,6,8-9,11-15,18,24-27,33-34,38-39,47,50,67,75H,7,10,16-17,19-23,28-32H2,2-4H3,(H,66,76). The Labute approximate surface area is 454 Å². The summed E-state index contributed by atoms with van der Waals surface area (Å²) in [5.41, 5.74) is 0.952. The summed E-state index contributed by atoms with van der Waals surface area (Å²) in [6.07, 6.45) is 11.5. The third-order valence-corrected chi connectivity index (χ3v) is 16.8. The van der Waals surface area contributed by atoms with Crippen LogP contribution in [0, 0.1) is 46.9 Å². The van der Waals surface area contributed by atoms with Crippen LogP contribution in [0.1, 0.15) is 81.7 Å². The highest BCUT2D eigenvalue weighted by Gasteiger charge is 2.49. The lowest BCUT2D eigenvalue weighted by Gasteiger charge is -2.48. The van der Waals surface area contributed by atoms with Gasteiger partial charge in [0.15, 0.2) is 17.4 Å². The Morgan fingerprint density at radius 2 is 1.68 bits per heavy atom. The normalized spacial score (nSPS) is 20.5. The Kier molecular flexibility index (Phi) is 13.6. The van der Waals surface area contributed by atoms with E-state index in [4.69, 9.17) is 20.7 Å². The van der Waals surface area contributed by atoms with Gasteiger partial charge in [0.2, 0.25) is 11.8 Å². The number of nitrogens with zero attached hydrogens (tertiary/aromatic N) is 8. The second-order valence-corrected chi connectivity index (χ2v) is 22.4. The highest BCUT2D eigenvalue weighted by molar-refractivity contribution is 6.03. The van der Waals surface area contributed by atoms with Crippen LogP contribution in [0.4, 0.5) is 29.2 Å². The van der Waals surface area contributed by atoms with Crippen LogP contribution in [0.5, 0.6) is 11.8 Å². The minimum absolute atomic E-state index is 0.0124. The number of fused-ring (bicyclic) bond motifs is 4. The molecule has 0 radical (unpaired) electrons. The molecule has 5 aliphatic rings. The molecule has 5 atom stereocenters. The van der Waals surface area contributed by atoms with Gasteiger partial charge in [-0.1, -0.05) is 61.3 Å². The number of piperazine rings is 1. The summed E-state index contributed by atoms with van der Waals surface area (Å²) in [4.78, 5) is 50.6. The zero-order valence-corrected chi connectivity index (χ0v) is 44.1. The number of carbonyl (C=O) groups is 2. The maximum atomic E-state index is 17.1. The second kappa shape index (κ2) is 20.8. The lowest BCUT2D eigenvalue weighted by molar-refractivity contribution is -0.141. The average molecular weight is 1080 g/mol. The maximum absolute atomic E-state index is 17.1. The van der Waals surface area contributed by atoms with E-state index in [2.05, 4.69) is 46.4 Å². The van der Waals surface area contributed by atoms with E-state index in [0.717, 1.165) is 51.0 Å². The smallest absolute Gasteiger partial charge is 0.319 e. The van der Waals surface area contributed by atoms with E-state index in [1.807, 2.05) is 26.8 Å². The molecule has 0 aliphatic carbocycles. The number of halogens is 4. The van der Waals surface area contributed by atoms with Crippen molar-refractivity contribution in [2.45, 2.75) is 83.0 Å². The molecule has 79 heavy (non-hydrogen) atoms. The van der Waals surface area contributed by atoms with Gasteiger partial charge in [0.05, 0.1) is 22.6 Å². The first kappa shape index (κ1) is 51.9. The number of ether oxygens (including phenoxy) is 1. The fourth-order valence-electron chi connectivity index (χ4n) is 12.8. The monoisotopic (exact) mass is 1080 g/mol. The minimum atomic E-state index is -0.776. The molecular weight excluding hydrogens is 1020 g/mol. The number of likely N-dealkylation sites (tertiary alicyclic amines) is 2. The van der Waals surface area contributed by atoms with Gasteiger partial charge in [0.25, 0.3) is 0 Å². The van der Waals surface area contributed by atoms with Gasteiger partial charge in [-0.3, -0.25) is 19.5 Å². The number of amides is 2. The molecule has 3 N–H and O–H groups in total. The van der Waals surface area contributed by atoms with Crippen molar-refractivity contribution in [1.29, 1.82) is 0 Å². The molecule has 3 aromatic heterocycles. The van der Waals surface area contributed by atoms with Crippen LogP contribution in [0.25, 0.3) is 44.1 Å². The number of carbonyl (C=O) groups excluding carboxylic acids is 2. The van der Waals surface area contributed by atoms with Gasteiger partial charge in [-0.25, -0.2) is 17.6 Å². The minimum Gasteiger partial charge on any atom is -0.508 e. The maximum Gasteiger partial charge on any atom is 0.319 e. The van der Waals surface area contributed by atoms with E-state index < -0.39 is 41.3 Å². The van der Waals surface area contributed by atoms with Crippen molar-refractivity contribution in [3.05, 3.63) is 119 Å². The molecule has 2 bridgehead atoms. The van der Waals surface area contributed by atoms with Crippen molar-refractivity contribution in [3.63, 3.8) is 0 Å². The number of hydrogen-bond donors (Lipinski definition) is 3. The van der Waals surface area contributed by atoms with E-state index >= 15 is 8.78 Å². The molecular formula is C60H60F4N10O5. The molecule has 5 fully saturated rings. The quantitative estimate of drug-likeness (QED) is 0.0700. The predicted octanol–water partition coefficient (Wildman–Crippen LogP) is 8.88. The number of rotatable bonds is 14. The zero-order valence-electron chi connectivity index (χ0n) is 44.1. The Hall–Kier alpha value is -7.82. The van der Waals surface area contributed by atoms with Gasteiger partial charge in [0, 0.05) is 86.5 Å². The molecule has 5 saturated heterocycles. The van der Waals surface area contributed by atoms with E-state index in [-0.39, 0.29) is 86.9 Å². The average Bonchev–Trinajstić information content (AvgIpc) is 4.47. The second-order valence-electron chi connectivity index (χ2n) is 22.4. The van der Waals surface area contributed by atoms with Gasteiger partial charge in [-0.05, 0) is 98.3 Å². The predicted molar refractivity (Wildman–Crippen MR) is 290 cm³/mol. The fraction of sp³-hybridized carbons (Fsp3) is 0.400. The molecule has 5 aliphatic heterocycles. The number of nitrogens with one attached hydrogen (secondary N) is 2. The SMILES string of the molecule is C#Cc1c(F)ccc2cc(O)cc(-c3ncc4c(N5CC6CCC(C5)N6)nc(OCCN5CCC6(C5)CN(c5cc(C(C(=O)N7CCCC7C(=O)NC(C)c7ccc(-c8c(F)cccc8F)cc7)C(C)C)on5)C6)nc4c3F)c12. The highest BCUT2D eigenvalue weighted by atomic mass is 19.1. The van der Waals surface area contributed by atoms with E-state index in [9.17, 15) is 23.5 Å². The van der Waals surface area contributed by atoms with Crippen molar-refractivity contribution in [2.24, 2.45) is 11.3 Å². The van der Waals surface area contributed by atoms with Gasteiger partial charge in [0.1, 0.15) is 58.8 Å². The van der Waals surface area contributed by atoms with Crippen molar-refractivity contribution < 1.29 is 41.5 Å². The molecule has 4 aromatic carbocycles. The van der Waals surface area contributed by atoms with Crippen molar-refractivity contribution in [1.82, 2.24) is 40.5 Å². The number of anilines is 2. The Morgan fingerprint density at radius 3 is 2.42 bits per heavy atom. The number of aromatic hydroxyl groups is 1. The van der Waals surface area contributed by atoms with Crippen LogP contribution in [0.2, 0.25) is 0 Å². The van der Waals surface area contributed by atoms with Crippen LogP contribution in [-0.2, 0) is 9.59 Å². The van der Waals surface area contributed by atoms with Crippen LogP contribution in [0.15, 0.2) is 83.5 Å². The number of terminal acetylenes is 1. The van der Waals surface area contributed by atoms with Gasteiger partial charge < -0.3 is 39.7 Å². The summed E-state index contributed by atoms with van der Waals surface area (Å²) in [6.45, 7) is 11.5. The van der Waals surface area contributed by atoms with E-state index in [0.29, 0.717) is 72.8 Å². The first-order valence-electron chi connectivity index (χ1n) is 27.2. The largest absolute Gasteiger partial charge is 0.508 e. The summed E-state index contributed by atoms with van der Waals surface area (Å²) >= 11 is 0. The van der Waals surface area contributed by atoms with E-state index in [1.54, 1.807) is 29.2 Å². The molecule has 5 unspecified atom stereocenters. The van der Waals surface area contributed by atoms with Crippen molar-refractivity contribution in [2.75, 3.05) is 68.8 Å².